The van der Waals surface area contributed by atoms with Crippen molar-refractivity contribution in [3.05, 3.63) is 36.7 Å². The van der Waals surface area contributed by atoms with Crippen molar-refractivity contribution in [2.75, 3.05) is 0 Å². The van der Waals surface area contributed by atoms with Crippen LogP contribution in [0.3, 0.4) is 0 Å². The first-order valence-electron chi connectivity index (χ1n) is 3.89. The van der Waals surface area contributed by atoms with Crippen LogP contribution in [0.15, 0.2) is 31.0 Å². The SMILES string of the molecule is N#Cc1nccnc1-c1cnccn1. The lowest BCUT2D eigenvalue weighted by molar-refractivity contribution is 1.12. The molecule has 5 heteroatoms. The Morgan fingerprint density at radius 1 is 1.00 bits per heavy atom. The molecule has 0 aliphatic carbocycles. The largest absolute Gasteiger partial charge is 0.261 e. The minimum atomic E-state index is 0.257. The Morgan fingerprint density at radius 2 is 1.79 bits per heavy atom. The van der Waals surface area contributed by atoms with Crippen LogP contribution in [-0.4, -0.2) is 19.9 Å². The summed E-state index contributed by atoms with van der Waals surface area (Å²) < 4.78 is 0. The second-order valence-electron chi connectivity index (χ2n) is 2.46. The summed E-state index contributed by atoms with van der Waals surface area (Å²) in [7, 11) is 0. The fraction of sp³-hybridized carbons (Fsp3) is 0. The molecule has 0 bridgehead atoms. The second-order valence-corrected chi connectivity index (χ2v) is 2.46. The summed E-state index contributed by atoms with van der Waals surface area (Å²) in [5, 5.41) is 8.78. The van der Waals surface area contributed by atoms with E-state index in [1.54, 1.807) is 18.6 Å². The average molecular weight is 183 g/mol. The molecule has 0 N–H and O–H groups in total. The Morgan fingerprint density at radius 3 is 2.50 bits per heavy atom. The lowest BCUT2D eigenvalue weighted by Gasteiger charge is -1.98. The molecule has 14 heavy (non-hydrogen) atoms. The van der Waals surface area contributed by atoms with Gasteiger partial charge in [-0.25, -0.2) is 9.97 Å². The molecule has 0 amide bonds. The molecule has 0 unspecified atom stereocenters. The summed E-state index contributed by atoms with van der Waals surface area (Å²) in [6.45, 7) is 0. The Bertz CT molecular complexity index is 474. The molecule has 2 rings (SSSR count). The smallest absolute Gasteiger partial charge is 0.168 e. The first-order chi connectivity index (χ1) is 6.92. The molecule has 0 radical (unpaired) electrons. The zero-order valence-corrected chi connectivity index (χ0v) is 7.12. The van der Waals surface area contributed by atoms with Gasteiger partial charge in [-0.05, 0) is 0 Å². The monoisotopic (exact) mass is 183 g/mol. The molecule has 0 saturated heterocycles. The molecule has 0 saturated carbocycles. The van der Waals surface area contributed by atoms with Gasteiger partial charge in [0.2, 0.25) is 0 Å². The van der Waals surface area contributed by atoms with Crippen LogP contribution in [0.1, 0.15) is 5.69 Å². The normalized spacial score (nSPS) is 9.36. The van der Waals surface area contributed by atoms with Gasteiger partial charge in [0, 0.05) is 24.8 Å². The summed E-state index contributed by atoms with van der Waals surface area (Å²) in [6.07, 6.45) is 7.64. The van der Waals surface area contributed by atoms with Crippen LogP contribution in [-0.2, 0) is 0 Å². The van der Waals surface area contributed by atoms with Gasteiger partial charge in [-0.2, -0.15) is 5.26 Å². The summed E-state index contributed by atoms with van der Waals surface area (Å²) >= 11 is 0. The Labute approximate surface area is 80.1 Å². The summed E-state index contributed by atoms with van der Waals surface area (Å²) in [5.41, 5.74) is 1.27. The maximum atomic E-state index is 8.78. The van der Waals surface area contributed by atoms with Gasteiger partial charge in [0.15, 0.2) is 5.69 Å². The van der Waals surface area contributed by atoms with Crippen molar-refractivity contribution in [3.63, 3.8) is 0 Å². The summed E-state index contributed by atoms with van der Waals surface area (Å²) in [6, 6.07) is 1.95. The minimum Gasteiger partial charge on any atom is -0.261 e. The quantitative estimate of drug-likeness (QED) is 0.653. The van der Waals surface area contributed by atoms with Crippen LogP contribution in [0.5, 0.6) is 0 Å². The number of nitrogens with zero attached hydrogens (tertiary/aromatic N) is 5. The van der Waals surface area contributed by atoms with Crippen LogP contribution in [0, 0.1) is 11.3 Å². The van der Waals surface area contributed by atoms with E-state index in [2.05, 4.69) is 19.9 Å². The van der Waals surface area contributed by atoms with Crippen molar-refractivity contribution < 1.29 is 0 Å². The van der Waals surface area contributed by atoms with Crippen LogP contribution >= 0.6 is 0 Å². The molecule has 0 aromatic carbocycles. The highest BCUT2D eigenvalue weighted by atomic mass is 14.9. The van der Waals surface area contributed by atoms with Gasteiger partial charge < -0.3 is 0 Å². The van der Waals surface area contributed by atoms with Crippen molar-refractivity contribution in [1.82, 2.24) is 19.9 Å². The Hall–Kier alpha value is -2.35. The highest BCUT2D eigenvalue weighted by molar-refractivity contribution is 5.58. The zero-order chi connectivity index (χ0) is 9.80. The van der Waals surface area contributed by atoms with E-state index in [1.807, 2.05) is 6.07 Å². The molecule has 2 aromatic heterocycles. The molecule has 0 aliphatic rings. The molecule has 2 aromatic rings. The number of aromatic nitrogens is 4. The number of rotatable bonds is 1. The van der Waals surface area contributed by atoms with Gasteiger partial charge in [-0.15, -0.1) is 0 Å². The Kier molecular flexibility index (Phi) is 2.11. The van der Waals surface area contributed by atoms with Gasteiger partial charge >= 0.3 is 0 Å². The van der Waals surface area contributed by atoms with E-state index in [0.717, 1.165) is 0 Å². The van der Waals surface area contributed by atoms with Crippen molar-refractivity contribution in [2.24, 2.45) is 0 Å². The fourth-order valence-electron chi connectivity index (χ4n) is 1.03. The molecule has 2 heterocycles. The van der Waals surface area contributed by atoms with Gasteiger partial charge in [0.05, 0.1) is 6.20 Å². The third-order valence-electron chi connectivity index (χ3n) is 1.61. The second kappa shape index (κ2) is 3.58. The van der Waals surface area contributed by atoms with E-state index in [9.17, 15) is 0 Å². The summed E-state index contributed by atoms with van der Waals surface area (Å²) in [4.78, 5) is 15.9. The Balaban J connectivity index is 2.58. The van der Waals surface area contributed by atoms with Crippen LogP contribution in [0.25, 0.3) is 11.4 Å². The predicted octanol–water partition coefficient (Wildman–Crippen LogP) is 0.805. The lowest BCUT2D eigenvalue weighted by atomic mass is 10.2. The van der Waals surface area contributed by atoms with Crippen LogP contribution < -0.4 is 0 Å². The third kappa shape index (κ3) is 1.41. The van der Waals surface area contributed by atoms with Gasteiger partial charge in [0.25, 0.3) is 0 Å². The highest BCUT2D eigenvalue weighted by Crippen LogP contribution is 2.14. The van der Waals surface area contributed by atoms with E-state index in [-0.39, 0.29) is 5.69 Å². The molecular weight excluding hydrogens is 178 g/mol. The van der Waals surface area contributed by atoms with Crippen molar-refractivity contribution >= 4 is 0 Å². The first kappa shape index (κ1) is 8.26. The van der Waals surface area contributed by atoms with E-state index in [0.29, 0.717) is 11.4 Å². The van der Waals surface area contributed by atoms with E-state index in [1.165, 1.54) is 12.4 Å². The standard InChI is InChI=1S/C9H5N5/c10-5-7-9(14-4-3-12-7)8-6-11-1-2-13-8/h1-4,6H. The van der Waals surface area contributed by atoms with Crippen LogP contribution in [0.2, 0.25) is 0 Å². The molecule has 66 valence electrons. The van der Waals surface area contributed by atoms with Crippen molar-refractivity contribution in [1.29, 1.82) is 5.26 Å². The topological polar surface area (TPSA) is 75.3 Å². The van der Waals surface area contributed by atoms with Crippen molar-refractivity contribution in [2.45, 2.75) is 0 Å². The predicted molar refractivity (Wildman–Crippen MR) is 47.8 cm³/mol. The zero-order valence-electron chi connectivity index (χ0n) is 7.12. The van der Waals surface area contributed by atoms with Gasteiger partial charge in [0.1, 0.15) is 17.5 Å². The van der Waals surface area contributed by atoms with E-state index in [4.69, 9.17) is 5.26 Å². The maximum absolute atomic E-state index is 8.78. The van der Waals surface area contributed by atoms with Gasteiger partial charge in [-0.1, -0.05) is 0 Å². The molecule has 5 nitrogen and oxygen atoms in total. The number of hydrogen-bond acceptors (Lipinski definition) is 5. The fourth-order valence-corrected chi connectivity index (χ4v) is 1.03. The molecule has 0 fully saturated rings. The van der Waals surface area contributed by atoms with Crippen molar-refractivity contribution in [3.8, 4) is 17.5 Å². The first-order valence-corrected chi connectivity index (χ1v) is 3.89. The number of hydrogen-bond donors (Lipinski definition) is 0. The van der Waals surface area contributed by atoms with E-state index >= 15 is 0 Å². The molecular formula is C9H5N5. The maximum Gasteiger partial charge on any atom is 0.168 e. The van der Waals surface area contributed by atoms with E-state index < -0.39 is 0 Å². The number of nitriles is 1. The molecule has 0 atom stereocenters. The summed E-state index contributed by atoms with van der Waals surface area (Å²) in [5.74, 6) is 0. The minimum absolute atomic E-state index is 0.257. The molecule has 0 aliphatic heterocycles. The highest BCUT2D eigenvalue weighted by Gasteiger charge is 2.07. The molecule has 0 spiro atoms. The average Bonchev–Trinajstić information content (AvgIpc) is 2.30. The van der Waals surface area contributed by atoms with Gasteiger partial charge in [-0.3, -0.25) is 9.97 Å². The third-order valence-corrected chi connectivity index (χ3v) is 1.61. The van der Waals surface area contributed by atoms with Crippen LogP contribution in [0.4, 0.5) is 0 Å². The lowest BCUT2D eigenvalue weighted by Crippen LogP contribution is -1.94.